The zero-order chi connectivity index (χ0) is 13.0. The largest absolute Gasteiger partial charge is 0.480 e. The van der Waals surface area contributed by atoms with E-state index >= 15 is 0 Å². The highest BCUT2D eigenvalue weighted by Gasteiger charge is 2.32. The number of amides is 2. The van der Waals surface area contributed by atoms with Gasteiger partial charge in [0.1, 0.15) is 6.54 Å². The van der Waals surface area contributed by atoms with Crippen LogP contribution < -0.4 is 5.32 Å². The van der Waals surface area contributed by atoms with Gasteiger partial charge in [0.15, 0.2) is 0 Å². The maximum atomic E-state index is 12.0. The van der Waals surface area contributed by atoms with Gasteiger partial charge in [0.05, 0.1) is 5.92 Å². The second-order valence-electron chi connectivity index (χ2n) is 4.71. The summed E-state index contributed by atoms with van der Waals surface area (Å²) in [6.45, 7) is 4.24. The van der Waals surface area contributed by atoms with Crippen LogP contribution in [-0.4, -0.2) is 47.4 Å². The normalized spacial score (nSPS) is 19.2. The summed E-state index contributed by atoms with van der Waals surface area (Å²) in [4.78, 5) is 35.1. The highest BCUT2D eigenvalue weighted by molar-refractivity contribution is 5.90. The van der Waals surface area contributed by atoms with Crippen LogP contribution in [0.15, 0.2) is 0 Å². The molecule has 1 rings (SSSR count). The van der Waals surface area contributed by atoms with Crippen molar-refractivity contribution in [3.63, 3.8) is 0 Å². The Morgan fingerprint density at radius 3 is 2.59 bits per heavy atom. The van der Waals surface area contributed by atoms with Gasteiger partial charge in [-0.1, -0.05) is 13.8 Å². The molecular weight excluding hydrogens is 224 g/mol. The summed E-state index contributed by atoms with van der Waals surface area (Å²) >= 11 is 0. The van der Waals surface area contributed by atoms with Crippen molar-refractivity contribution >= 4 is 17.8 Å². The van der Waals surface area contributed by atoms with Gasteiger partial charge in [-0.25, -0.2) is 0 Å². The van der Waals surface area contributed by atoms with Crippen molar-refractivity contribution in [2.24, 2.45) is 11.8 Å². The lowest BCUT2D eigenvalue weighted by atomic mass is 10.1. The molecule has 2 N–H and O–H groups in total. The van der Waals surface area contributed by atoms with Crippen molar-refractivity contribution in [2.45, 2.75) is 20.3 Å². The van der Waals surface area contributed by atoms with Crippen LogP contribution in [0, 0.1) is 11.8 Å². The number of carboxylic acid groups (broad SMARTS) is 1. The van der Waals surface area contributed by atoms with Gasteiger partial charge < -0.3 is 15.3 Å². The van der Waals surface area contributed by atoms with E-state index in [2.05, 4.69) is 5.32 Å². The summed E-state index contributed by atoms with van der Waals surface area (Å²) in [5.41, 5.74) is 0. The van der Waals surface area contributed by atoms with Crippen LogP contribution in [0.4, 0.5) is 0 Å². The molecule has 0 spiro atoms. The van der Waals surface area contributed by atoms with Gasteiger partial charge in [0.2, 0.25) is 11.8 Å². The molecule has 6 nitrogen and oxygen atoms in total. The minimum Gasteiger partial charge on any atom is -0.480 e. The van der Waals surface area contributed by atoms with Crippen molar-refractivity contribution in [1.29, 1.82) is 0 Å². The lowest BCUT2D eigenvalue weighted by Crippen LogP contribution is -2.42. The molecule has 0 aromatic heterocycles. The van der Waals surface area contributed by atoms with E-state index in [4.69, 9.17) is 5.11 Å². The Morgan fingerprint density at radius 1 is 1.53 bits per heavy atom. The average Bonchev–Trinajstić information content (AvgIpc) is 2.61. The Morgan fingerprint density at radius 2 is 2.18 bits per heavy atom. The van der Waals surface area contributed by atoms with Crippen molar-refractivity contribution < 1.29 is 19.5 Å². The van der Waals surface area contributed by atoms with E-state index in [0.717, 1.165) is 0 Å². The van der Waals surface area contributed by atoms with Gasteiger partial charge in [-0.3, -0.25) is 14.4 Å². The van der Waals surface area contributed by atoms with Crippen LogP contribution in [-0.2, 0) is 14.4 Å². The molecule has 1 unspecified atom stereocenters. The van der Waals surface area contributed by atoms with E-state index in [1.165, 1.54) is 4.90 Å². The van der Waals surface area contributed by atoms with E-state index < -0.39 is 11.9 Å². The molecule has 17 heavy (non-hydrogen) atoms. The third-order valence-electron chi connectivity index (χ3n) is 2.55. The van der Waals surface area contributed by atoms with Gasteiger partial charge in [0, 0.05) is 19.5 Å². The van der Waals surface area contributed by atoms with Crippen LogP contribution in [0.5, 0.6) is 0 Å². The minimum atomic E-state index is -1.03. The Kier molecular flexibility index (Phi) is 4.48. The summed E-state index contributed by atoms with van der Waals surface area (Å²) in [6, 6.07) is 0. The fraction of sp³-hybridized carbons (Fsp3) is 0.727. The van der Waals surface area contributed by atoms with Gasteiger partial charge in [-0.2, -0.15) is 0 Å². The molecule has 1 aliphatic heterocycles. The fourth-order valence-electron chi connectivity index (χ4n) is 1.87. The summed E-state index contributed by atoms with van der Waals surface area (Å²) in [5, 5.41) is 11.3. The first kappa shape index (κ1) is 13.5. The molecule has 1 heterocycles. The Bertz CT molecular complexity index is 327. The first-order valence-electron chi connectivity index (χ1n) is 5.67. The predicted octanol–water partition coefficient (Wildman–Crippen LogP) is -0.308. The maximum Gasteiger partial charge on any atom is 0.323 e. The standard InChI is InChI=1S/C11H18N2O4/c1-7(2)5-13(6-10(15)16)11(17)8-3-9(14)12-4-8/h7-8H,3-6H2,1-2H3,(H,12,14)(H,15,16). The molecule has 6 heteroatoms. The number of hydrogen-bond donors (Lipinski definition) is 2. The summed E-state index contributed by atoms with van der Waals surface area (Å²) < 4.78 is 0. The number of nitrogens with one attached hydrogen (secondary N) is 1. The first-order chi connectivity index (χ1) is 7.90. The predicted molar refractivity (Wildman–Crippen MR) is 60.2 cm³/mol. The Hall–Kier alpha value is -1.59. The van der Waals surface area contributed by atoms with E-state index in [1.54, 1.807) is 0 Å². The number of nitrogens with zero attached hydrogens (tertiary/aromatic N) is 1. The SMILES string of the molecule is CC(C)CN(CC(=O)O)C(=O)C1CNC(=O)C1. The Balaban J connectivity index is 2.64. The molecule has 1 saturated heterocycles. The average molecular weight is 242 g/mol. The third-order valence-corrected chi connectivity index (χ3v) is 2.55. The molecule has 0 aliphatic carbocycles. The zero-order valence-corrected chi connectivity index (χ0v) is 10.1. The summed E-state index contributed by atoms with van der Waals surface area (Å²) in [6.07, 6.45) is 0.160. The fourth-order valence-corrected chi connectivity index (χ4v) is 1.87. The molecular formula is C11H18N2O4. The van der Waals surface area contributed by atoms with Crippen LogP contribution in [0.25, 0.3) is 0 Å². The van der Waals surface area contributed by atoms with Crippen LogP contribution >= 0.6 is 0 Å². The molecule has 0 bridgehead atoms. The van der Waals surface area contributed by atoms with Crippen molar-refractivity contribution in [2.75, 3.05) is 19.6 Å². The van der Waals surface area contributed by atoms with Gasteiger partial charge in [-0.05, 0) is 5.92 Å². The first-order valence-corrected chi connectivity index (χ1v) is 5.67. The van der Waals surface area contributed by atoms with E-state index in [-0.39, 0.29) is 30.7 Å². The van der Waals surface area contributed by atoms with E-state index in [0.29, 0.717) is 13.1 Å². The smallest absolute Gasteiger partial charge is 0.323 e. The Labute approximate surface area is 100.0 Å². The minimum absolute atomic E-state index is 0.150. The molecule has 1 aliphatic rings. The summed E-state index contributed by atoms with van der Waals surface area (Å²) in [7, 11) is 0. The number of hydrogen-bond acceptors (Lipinski definition) is 3. The molecule has 0 aromatic carbocycles. The van der Waals surface area contributed by atoms with Crippen LogP contribution in [0.2, 0.25) is 0 Å². The number of carboxylic acids is 1. The quantitative estimate of drug-likeness (QED) is 0.692. The summed E-state index contributed by atoms with van der Waals surface area (Å²) in [5.74, 6) is -1.65. The van der Waals surface area contributed by atoms with Crippen LogP contribution in [0.1, 0.15) is 20.3 Å². The van der Waals surface area contributed by atoms with Gasteiger partial charge >= 0.3 is 5.97 Å². The second kappa shape index (κ2) is 5.65. The molecule has 0 radical (unpaired) electrons. The van der Waals surface area contributed by atoms with E-state index in [1.807, 2.05) is 13.8 Å². The molecule has 1 atom stereocenters. The number of carbonyl (C=O) groups excluding carboxylic acids is 2. The number of carbonyl (C=O) groups is 3. The number of aliphatic carboxylic acids is 1. The van der Waals surface area contributed by atoms with Gasteiger partial charge in [0.25, 0.3) is 0 Å². The van der Waals surface area contributed by atoms with Crippen molar-refractivity contribution in [3.05, 3.63) is 0 Å². The zero-order valence-electron chi connectivity index (χ0n) is 10.1. The molecule has 2 amide bonds. The van der Waals surface area contributed by atoms with Crippen molar-refractivity contribution in [3.8, 4) is 0 Å². The topological polar surface area (TPSA) is 86.7 Å². The van der Waals surface area contributed by atoms with Crippen molar-refractivity contribution in [1.82, 2.24) is 10.2 Å². The lowest BCUT2D eigenvalue weighted by molar-refractivity contribution is -0.146. The second-order valence-corrected chi connectivity index (χ2v) is 4.71. The molecule has 96 valence electrons. The van der Waals surface area contributed by atoms with Gasteiger partial charge in [-0.15, -0.1) is 0 Å². The molecule has 1 fully saturated rings. The lowest BCUT2D eigenvalue weighted by Gasteiger charge is -2.25. The van der Waals surface area contributed by atoms with E-state index in [9.17, 15) is 14.4 Å². The number of rotatable bonds is 5. The molecule has 0 saturated carbocycles. The monoisotopic (exact) mass is 242 g/mol. The highest BCUT2D eigenvalue weighted by Crippen LogP contribution is 2.14. The third kappa shape index (κ3) is 4.05. The maximum absolute atomic E-state index is 12.0. The molecule has 0 aromatic rings. The highest BCUT2D eigenvalue weighted by atomic mass is 16.4. The van der Waals surface area contributed by atoms with Crippen LogP contribution in [0.3, 0.4) is 0 Å².